The van der Waals surface area contributed by atoms with Crippen molar-refractivity contribution < 1.29 is 23.2 Å². The van der Waals surface area contributed by atoms with Gasteiger partial charge in [0.1, 0.15) is 0 Å². The molecule has 0 saturated carbocycles. The number of nitro benzene ring substituents is 1. The first kappa shape index (κ1) is 23.2. The molecule has 35 heavy (non-hydrogen) atoms. The molecule has 2 aliphatic rings. The first-order valence-corrected chi connectivity index (χ1v) is 11.1. The summed E-state index contributed by atoms with van der Waals surface area (Å²) in [5.74, 6) is -0.0718. The number of nitro groups is 1. The number of hydrogen-bond donors (Lipinski definition) is 0. The van der Waals surface area contributed by atoms with E-state index in [4.69, 9.17) is 9.47 Å². The molecule has 0 atom stereocenters. The molecule has 0 radical (unpaired) electrons. The third kappa shape index (κ3) is 4.58. The molecule has 0 unspecified atom stereocenters. The van der Waals surface area contributed by atoms with E-state index in [9.17, 15) is 18.9 Å². The van der Waals surface area contributed by atoms with Crippen molar-refractivity contribution in [1.82, 2.24) is 24.5 Å². The topological polar surface area (TPSA) is 125 Å². The van der Waals surface area contributed by atoms with Gasteiger partial charge in [0, 0.05) is 38.3 Å². The summed E-state index contributed by atoms with van der Waals surface area (Å²) in [5.41, 5.74) is -0.423. The van der Waals surface area contributed by atoms with Gasteiger partial charge in [-0.15, -0.1) is 0 Å². The molecule has 0 amide bonds. The zero-order valence-electron chi connectivity index (χ0n) is 19.2. The van der Waals surface area contributed by atoms with Crippen LogP contribution in [0.2, 0.25) is 0 Å². The maximum absolute atomic E-state index is 14.1. The molecule has 2 aliphatic heterocycles. The zero-order valence-corrected chi connectivity index (χ0v) is 19.2. The van der Waals surface area contributed by atoms with Crippen LogP contribution in [0.3, 0.4) is 0 Å². The van der Waals surface area contributed by atoms with Gasteiger partial charge >= 0.3 is 0 Å². The van der Waals surface area contributed by atoms with Crippen LogP contribution in [0.1, 0.15) is 26.1 Å². The number of alkyl halides is 2. The first-order valence-electron chi connectivity index (χ1n) is 11.1. The van der Waals surface area contributed by atoms with Gasteiger partial charge in [0.25, 0.3) is 12.1 Å². The van der Waals surface area contributed by atoms with Crippen molar-refractivity contribution in [3.05, 3.63) is 34.1 Å². The fourth-order valence-electron chi connectivity index (χ4n) is 4.23. The number of imidazole rings is 1. The molecule has 5 rings (SSSR count). The largest absolute Gasteiger partial charge is 0.378 e. The van der Waals surface area contributed by atoms with E-state index in [1.807, 2.05) is 23.6 Å². The summed E-state index contributed by atoms with van der Waals surface area (Å²) in [7, 11) is 0. The molecular formula is C21H24F2N8O4. The molecule has 0 spiro atoms. The SMILES string of the molecule is CC1(C)CN(c2nc(N3CCOCC3)nc(-n3c(C(F)F)nc4ccc([N+](=O)[O-])cc43)n2)CCO1. The second-order valence-electron chi connectivity index (χ2n) is 8.90. The Hall–Kier alpha value is -3.52. The number of anilines is 2. The van der Waals surface area contributed by atoms with E-state index in [-0.39, 0.29) is 22.7 Å². The Labute approximate surface area is 198 Å². The highest BCUT2D eigenvalue weighted by atomic mass is 19.3. The number of ether oxygens (including phenoxy) is 2. The van der Waals surface area contributed by atoms with Gasteiger partial charge in [0.2, 0.25) is 17.8 Å². The van der Waals surface area contributed by atoms with Gasteiger partial charge in [-0.05, 0) is 19.9 Å². The first-order chi connectivity index (χ1) is 16.7. The Morgan fingerprint density at radius 3 is 2.31 bits per heavy atom. The fourth-order valence-corrected chi connectivity index (χ4v) is 4.23. The maximum Gasteiger partial charge on any atom is 0.296 e. The van der Waals surface area contributed by atoms with E-state index < -0.39 is 22.8 Å². The zero-order chi connectivity index (χ0) is 24.7. The number of non-ortho nitro benzene ring substituents is 1. The number of morpholine rings is 2. The summed E-state index contributed by atoms with van der Waals surface area (Å²) in [5, 5.41) is 11.4. The number of aromatic nitrogens is 5. The van der Waals surface area contributed by atoms with Crippen molar-refractivity contribution in [2.45, 2.75) is 25.9 Å². The minimum atomic E-state index is -2.96. The average Bonchev–Trinajstić information content (AvgIpc) is 3.23. The van der Waals surface area contributed by atoms with Crippen LogP contribution in [-0.2, 0) is 9.47 Å². The van der Waals surface area contributed by atoms with Crippen LogP contribution < -0.4 is 9.80 Å². The van der Waals surface area contributed by atoms with E-state index in [1.54, 1.807) is 0 Å². The third-order valence-corrected chi connectivity index (χ3v) is 5.87. The standard InChI is InChI=1S/C21H24F2N8O4/c1-21(2)12-29(7-10-35-21)19-25-18(28-5-8-34-9-6-28)26-20(27-19)30-15-11-13(31(32)33)3-4-14(15)24-17(30)16(22)23/h3-4,11,16H,5-10,12H2,1-2H3. The van der Waals surface area contributed by atoms with Gasteiger partial charge in [-0.25, -0.2) is 13.8 Å². The number of hydrogen-bond acceptors (Lipinski definition) is 10. The molecule has 4 heterocycles. The molecule has 3 aromatic rings. The molecule has 2 saturated heterocycles. The van der Waals surface area contributed by atoms with Crippen molar-refractivity contribution in [3.8, 4) is 5.95 Å². The molecule has 0 N–H and O–H groups in total. The highest BCUT2D eigenvalue weighted by molar-refractivity contribution is 5.80. The molecule has 12 nitrogen and oxygen atoms in total. The van der Waals surface area contributed by atoms with E-state index >= 15 is 0 Å². The normalized spacial score (nSPS) is 18.4. The number of benzene rings is 1. The number of rotatable bonds is 5. The van der Waals surface area contributed by atoms with E-state index in [1.165, 1.54) is 18.2 Å². The monoisotopic (exact) mass is 490 g/mol. The Balaban J connectivity index is 1.70. The van der Waals surface area contributed by atoms with Crippen LogP contribution in [0, 0.1) is 10.1 Å². The van der Waals surface area contributed by atoms with Crippen molar-refractivity contribution in [2.24, 2.45) is 0 Å². The summed E-state index contributed by atoms with van der Waals surface area (Å²) in [6.45, 7) is 7.33. The lowest BCUT2D eigenvalue weighted by atomic mass is 10.1. The van der Waals surface area contributed by atoms with Crippen molar-refractivity contribution >= 4 is 28.6 Å². The van der Waals surface area contributed by atoms with E-state index in [0.29, 0.717) is 57.9 Å². The Kier molecular flexibility index (Phi) is 5.92. The van der Waals surface area contributed by atoms with Gasteiger partial charge in [0.15, 0.2) is 5.82 Å². The molecule has 1 aromatic carbocycles. The summed E-state index contributed by atoms with van der Waals surface area (Å²) < 4.78 is 40.5. The van der Waals surface area contributed by atoms with E-state index in [0.717, 1.165) is 4.57 Å². The Morgan fingerprint density at radius 1 is 1.00 bits per heavy atom. The van der Waals surface area contributed by atoms with Crippen LogP contribution in [0.4, 0.5) is 26.4 Å². The summed E-state index contributed by atoms with van der Waals surface area (Å²) >= 11 is 0. The lowest BCUT2D eigenvalue weighted by molar-refractivity contribution is -0.384. The molecule has 186 valence electrons. The van der Waals surface area contributed by atoms with Gasteiger partial charge < -0.3 is 19.3 Å². The van der Waals surface area contributed by atoms with Crippen molar-refractivity contribution in [3.63, 3.8) is 0 Å². The molecular weight excluding hydrogens is 466 g/mol. The maximum atomic E-state index is 14.1. The molecule has 14 heteroatoms. The lowest BCUT2D eigenvalue weighted by Gasteiger charge is -2.38. The number of fused-ring (bicyclic) bond motifs is 1. The van der Waals surface area contributed by atoms with Crippen LogP contribution >= 0.6 is 0 Å². The molecule has 2 fully saturated rings. The predicted octanol–water partition coefficient (Wildman–Crippen LogP) is 2.51. The van der Waals surface area contributed by atoms with Crippen molar-refractivity contribution in [2.75, 3.05) is 55.8 Å². The molecule has 0 bridgehead atoms. The van der Waals surface area contributed by atoms with Crippen molar-refractivity contribution in [1.29, 1.82) is 0 Å². The van der Waals surface area contributed by atoms with E-state index in [2.05, 4.69) is 19.9 Å². The van der Waals surface area contributed by atoms with Crippen LogP contribution in [-0.4, -0.2) is 81.0 Å². The minimum Gasteiger partial charge on any atom is -0.378 e. The number of halogens is 2. The van der Waals surface area contributed by atoms with Gasteiger partial charge in [-0.3, -0.25) is 14.7 Å². The second-order valence-corrected chi connectivity index (χ2v) is 8.90. The van der Waals surface area contributed by atoms with Gasteiger partial charge in [-0.1, -0.05) is 0 Å². The van der Waals surface area contributed by atoms with Crippen LogP contribution in [0.15, 0.2) is 18.2 Å². The van der Waals surface area contributed by atoms with Crippen LogP contribution in [0.5, 0.6) is 0 Å². The fraction of sp³-hybridized carbons (Fsp3) is 0.524. The highest BCUT2D eigenvalue weighted by Crippen LogP contribution is 2.31. The highest BCUT2D eigenvalue weighted by Gasteiger charge is 2.31. The number of nitrogens with zero attached hydrogens (tertiary/aromatic N) is 8. The molecule has 2 aromatic heterocycles. The summed E-state index contributed by atoms with van der Waals surface area (Å²) in [4.78, 5) is 32.3. The van der Waals surface area contributed by atoms with Gasteiger partial charge in [0.05, 0.1) is 41.4 Å². The summed E-state index contributed by atoms with van der Waals surface area (Å²) in [6.07, 6.45) is -2.96. The predicted molar refractivity (Wildman–Crippen MR) is 121 cm³/mol. The quantitative estimate of drug-likeness (QED) is 0.389. The third-order valence-electron chi connectivity index (χ3n) is 5.87. The lowest BCUT2D eigenvalue weighted by Crippen LogP contribution is -2.49. The van der Waals surface area contributed by atoms with Crippen LogP contribution in [0.25, 0.3) is 17.0 Å². The second kappa shape index (κ2) is 8.92. The average molecular weight is 490 g/mol. The smallest absolute Gasteiger partial charge is 0.296 e. The molecule has 0 aliphatic carbocycles. The summed E-state index contributed by atoms with van der Waals surface area (Å²) in [6, 6.07) is 3.76. The van der Waals surface area contributed by atoms with Gasteiger partial charge in [-0.2, -0.15) is 15.0 Å². The minimum absolute atomic E-state index is 0.0842. The Morgan fingerprint density at radius 2 is 1.66 bits per heavy atom. The Bertz CT molecular complexity index is 1260.